The Hall–Kier alpha value is -2.47. The molecule has 0 saturated heterocycles. The van der Waals surface area contributed by atoms with Crippen LogP contribution in [0.5, 0.6) is 0 Å². The van der Waals surface area contributed by atoms with Crippen LogP contribution < -0.4 is 5.56 Å². The molecule has 2 heterocycles. The number of fused-ring (bicyclic) bond motifs is 3. The third-order valence-electron chi connectivity index (χ3n) is 5.35. The first-order chi connectivity index (χ1) is 13.7. The van der Waals surface area contributed by atoms with Crippen molar-refractivity contribution < 1.29 is 9.53 Å². The molecule has 1 aliphatic carbocycles. The Bertz CT molecular complexity index is 1050. The van der Waals surface area contributed by atoms with Crippen LogP contribution in [-0.4, -0.2) is 22.6 Å². The molecule has 0 N–H and O–H groups in total. The average Bonchev–Trinajstić information content (AvgIpc) is 3.09. The number of esters is 1. The molecule has 1 aromatic carbocycles. The third-order valence-corrected chi connectivity index (χ3v) is 6.53. The maximum atomic E-state index is 13.4. The Labute approximate surface area is 168 Å². The quantitative estimate of drug-likeness (QED) is 0.593. The van der Waals surface area contributed by atoms with Gasteiger partial charge in [0.25, 0.3) is 5.56 Å². The maximum absolute atomic E-state index is 13.4. The lowest BCUT2D eigenvalue weighted by atomic mass is 9.97. The van der Waals surface area contributed by atoms with Crippen LogP contribution in [0.2, 0.25) is 0 Å². The number of thiophene rings is 1. The first-order valence-corrected chi connectivity index (χ1v) is 10.6. The SMILES string of the molecule is COC(=O)CCCn1c(Cc2ccccc2)nc2sc3c(c2c1=O)CCCC3. The molecular weight excluding hydrogens is 372 g/mol. The molecule has 0 radical (unpaired) electrons. The molecule has 1 aliphatic rings. The molecule has 0 bridgehead atoms. The van der Waals surface area contributed by atoms with E-state index in [4.69, 9.17) is 9.72 Å². The molecule has 5 nitrogen and oxygen atoms in total. The van der Waals surface area contributed by atoms with E-state index in [9.17, 15) is 9.59 Å². The highest BCUT2D eigenvalue weighted by Gasteiger charge is 2.22. The van der Waals surface area contributed by atoms with Gasteiger partial charge >= 0.3 is 5.97 Å². The molecule has 4 rings (SSSR count). The highest BCUT2D eigenvalue weighted by molar-refractivity contribution is 7.18. The van der Waals surface area contributed by atoms with Gasteiger partial charge in [-0.3, -0.25) is 14.2 Å². The summed E-state index contributed by atoms with van der Waals surface area (Å²) in [6.45, 7) is 0.476. The Kier molecular flexibility index (Phi) is 5.57. The smallest absolute Gasteiger partial charge is 0.305 e. The van der Waals surface area contributed by atoms with Crippen LogP contribution in [0.3, 0.4) is 0 Å². The summed E-state index contributed by atoms with van der Waals surface area (Å²) in [5.41, 5.74) is 2.37. The van der Waals surface area contributed by atoms with E-state index in [-0.39, 0.29) is 11.5 Å². The predicted octanol–water partition coefficient (Wildman–Crippen LogP) is 3.88. The van der Waals surface area contributed by atoms with E-state index in [2.05, 4.69) is 12.1 Å². The van der Waals surface area contributed by atoms with Gasteiger partial charge in [0, 0.05) is 24.3 Å². The van der Waals surface area contributed by atoms with Crippen molar-refractivity contribution in [1.82, 2.24) is 9.55 Å². The van der Waals surface area contributed by atoms with Crippen molar-refractivity contribution in [2.24, 2.45) is 0 Å². The Morgan fingerprint density at radius 1 is 1.21 bits per heavy atom. The molecule has 6 heteroatoms. The molecule has 0 amide bonds. The van der Waals surface area contributed by atoms with Gasteiger partial charge in [-0.15, -0.1) is 11.3 Å². The van der Waals surface area contributed by atoms with Gasteiger partial charge in [-0.2, -0.15) is 0 Å². The normalized spacial score (nSPS) is 13.5. The molecule has 0 atom stereocenters. The summed E-state index contributed by atoms with van der Waals surface area (Å²) in [6.07, 6.45) is 5.79. The van der Waals surface area contributed by atoms with Crippen molar-refractivity contribution in [3.05, 3.63) is 62.5 Å². The van der Waals surface area contributed by atoms with Crippen molar-refractivity contribution in [3.8, 4) is 0 Å². The monoisotopic (exact) mass is 396 g/mol. The molecule has 0 aliphatic heterocycles. The number of carbonyl (C=O) groups is 1. The number of hydrogen-bond acceptors (Lipinski definition) is 5. The number of methoxy groups -OCH3 is 1. The number of aromatic nitrogens is 2. The second-order valence-corrected chi connectivity index (χ2v) is 8.30. The number of carbonyl (C=O) groups excluding carboxylic acids is 1. The van der Waals surface area contributed by atoms with Gasteiger partial charge in [0.05, 0.1) is 12.5 Å². The molecule has 0 fully saturated rings. The standard InChI is InChI=1S/C22H24N2O3S/c1-27-19(25)12-7-13-24-18(14-15-8-3-2-4-9-15)23-21-20(22(24)26)16-10-5-6-11-17(16)28-21/h2-4,8-9H,5-7,10-14H2,1H3. The summed E-state index contributed by atoms with van der Waals surface area (Å²) >= 11 is 1.68. The minimum atomic E-state index is -0.250. The lowest BCUT2D eigenvalue weighted by molar-refractivity contribution is -0.140. The Morgan fingerprint density at radius 2 is 2.00 bits per heavy atom. The Morgan fingerprint density at radius 3 is 2.79 bits per heavy atom. The summed E-state index contributed by atoms with van der Waals surface area (Å²) in [7, 11) is 1.39. The minimum absolute atomic E-state index is 0.0418. The lowest BCUT2D eigenvalue weighted by Crippen LogP contribution is -2.26. The Balaban J connectivity index is 1.77. The van der Waals surface area contributed by atoms with E-state index in [1.807, 2.05) is 18.2 Å². The van der Waals surface area contributed by atoms with E-state index >= 15 is 0 Å². The number of ether oxygens (including phenoxy) is 1. The van der Waals surface area contributed by atoms with Gasteiger partial charge in [0.1, 0.15) is 10.7 Å². The van der Waals surface area contributed by atoms with E-state index in [0.717, 1.165) is 40.9 Å². The second kappa shape index (κ2) is 8.27. The molecule has 2 aromatic heterocycles. The highest BCUT2D eigenvalue weighted by Crippen LogP contribution is 2.34. The fourth-order valence-corrected chi connectivity index (χ4v) is 5.18. The second-order valence-electron chi connectivity index (χ2n) is 7.22. The van der Waals surface area contributed by atoms with Crippen LogP contribution in [-0.2, 0) is 35.3 Å². The molecule has 146 valence electrons. The molecule has 0 spiro atoms. The molecule has 3 aromatic rings. The van der Waals surface area contributed by atoms with Gasteiger partial charge < -0.3 is 4.74 Å². The van der Waals surface area contributed by atoms with E-state index in [1.165, 1.54) is 24.0 Å². The summed E-state index contributed by atoms with van der Waals surface area (Å²) in [6, 6.07) is 10.1. The zero-order valence-electron chi connectivity index (χ0n) is 16.1. The number of nitrogens with zero attached hydrogens (tertiary/aromatic N) is 2. The fourth-order valence-electron chi connectivity index (χ4n) is 3.91. The number of hydrogen-bond donors (Lipinski definition) is 0. The fraction of sp³-hybridized carbons (Fsp3) is 0.409. The number of benzene rings is 1. The van der Waals surface area contributed by atoms with Crippen molar-refractivity contribution in [1.29, 1.82) is 0 Å². The van der Waals surface area contributed by atoms with Crippen molar-refractivity contribution in [3.63, 3.8) is 0 Å². The van der Waals surface area contributed by atoms with Gasteiger partial charge in [-0.1, -0.05) is 30.3 Å². The predicted molar refractivity (Wildman–Crippen MR) is 111 cm³/mol. The minimum Gasteiger partial charge on any atom is -0.469 e. The van der Waals surface area contributed by atoms with E-state index in [1.54, 1.807) is 15.9 Å². The molecule has 0 saturated carbocycles. The number of aryl methyl sites for hydroxylation is 2. The first kappa shape index (κ1) is 18.9. The van der Waals surface area contributed by atoms with Crippen LogP contribution in [0, 0.1) is 0 Å². The van der Waals surface area contributed by atoms with Crippen molar-refractivity contribution in [2.75, 3.05) is 7.11 Å². The van der Waals surface area contributed by atoms with Gasteiger partial charge in [0.2, 0.25) is 0 Å². The van der Waals surface area contributed by atoms with E-state index < -0.39 is 0 Å². The van der Waals surface area contributed by atoms with Gasteiger partial charge in [-0.25, -0.2) is 4.98 Å². The first-order valence-electron chi connectivity index (χ1n) is 9.82. The molecule has 0 unspecified atom stereocenters. The highest BCUT2D eigenvalue weighted by atomic mass is 32.1. The zero-order valence-corrected chi connectivity index (χ0v) is 16.9. The zero-order chi connectivity index (χ0) is 19.5. The van der Waals surface area contributed by atoms with Gasteiger partial charge in [-0.05, 0) is 43.2 Å². The van der Waals surface area contributed by atoms with E-state index in [0.29, 0.717) is 25.8 Å². The lowest BCUT2D eigenvalue weighted by Gasteiger charge is -2.14. The van der Waals surface area contributed by atoms with Crippen LogP contribution >= 0.6 is 11.3 Å². The van der Waals surface area contributed by atoms with Crippen LogP contribution in [0.1, 0.15) is 47.5 Å². The topological polar surface area (TPSA) is 61.2 Å². The number of rotatable bonds is 6. The maximum Gasteiger partial charge on any atom is 0.305 e. The summed E-state index contributed by atoms with van der Waals surface area (Å²) in [5.74, 6) is 0.520. The largest absolute Gasteiger partial charge is 0.469 e. The molecule has 28 heavy (non-hydrogen) atoms. The summed E-state index contributed by atoms with van der Waals surface area (Å²) in [5, 5.41) is 0.801. The summed E-state index contributed by atoms with van der Waals surface area (Å²) < 4.78 is 6.51. The van der Waals surface area contributed by atoms with Gasteiger partial charge in [0.15, 0.2) is 0 Å². The van der Waals surface area contributed by atoms with Crippen LogP contribution in [0.25, 0.3) is 10.2 Å². The summed E-state index contributed by atoms with van der Waals surface area (Å²) in [4.78, 5) is 32.0. The average molecular weight is 397 g/mol. The van der Waals surface area contributed by atoms with Crippen LogP contribution in [0.15, 0.2) is 35.1 Å². The molecular formula is C22H24N2O3S. The van der Waals surface area contributed by atoms with Crippen molar-refractivity contribution in [2.45, 2.75) is 51.5 Å². The van der Waals surface area contributed by atoms with Crippen molar-refractivity contribution >= 4 is 27.5 Å². The van der Waals surface area contributed by atoms with Crippen LogP contribution in [0.4, 0.5) is 0 Å². The third kappa shape index (κ3) is 3.74.